The molecule has 3 aromatic rings. The monoisotopic (exact) mass is 383 g/mol. The molecule has 29 heavy (non-hydrogen) atoms. The van der Waals surface area contributed by atoms with E-state index in [0.29, 0.717) is 11.3 Å². The minimum atomic E-state index is -0.697. The van der Waals surface area contributed by atoms with Crippen molar-refractivity contribution in [3.63, 3.8) is 0 Å². The van der Waals surface area contributed by atoms with Crippen LogP contribution in [0.5, 0.6) is 0 Å². The van der Waals surface area contributed by atoms with Gasteiger partial charge >= 0.3 is 0 Å². The van der Waals surface area contributed by atoms with Gasteiger partial charge in [0.1, 0.15) is 5.76 Å². The van der Waals surface area contributed by atoms with E-state index in [1.54, 1.807) is 24.3 Å². The fraction of sp³-hybridized carbons (Fsp3) is 0.120. The summed E-state index contributed by atoms with van der Waals surface area (Å²) in [4.78, 5) is 27.6. The summed E-state index contributed by atoms with van der Waals surface area (Å²) in [5.74, 6) is -1.48. The number of hydrogen-bond donors (Lipinski definition) is 1. The normalized spacial score (nSPS) is 18.3. The molecule has 0 saturated carbocycles. The molecular weight excluding hydrogens is 362 g/mol. The van der Waals surface area contributed by atoms with Crippen LogP contribution >= 0.6 is 0 Å². The van der Waals surface area contributed by atoms with E-state index in [2.05, 4.69) is 0 Å². The molecule has 1 saturated heterocycles. The largest absolute Gasteiger partial charge is 0.507 e. The highest BCUT2D eigenvalue weighted by atomic mass is 16.3. The van der Waals surface area contributed by atoms with E-state index in [0.717, 1.165) is 16.7 Å². The summed E-state index contributed by atoms with van der Waals surface area (Å²) in [6.07, 6.45) is 0. The lowest BCUT2D eigenvalue weighted by Gasteiger charge is -2.25. The lowest BCUT2D eigenvalue weighted by atomic mass is 9.94. The van der Waals surface area contributed by atoms with Crippen LogP contribution in [0.4, 0.5) is 5.69 Å². The molecule has 4 rings (SSSR count). The zero-order valence-electron chi connectivity index (χ0n) is 16.3. The number of nitrogens with zero attached hydrogens (tertiary/aromatic N) is 1. The Morgan fingerprint density at radius 1 is 0.828 bits per heavy atom. The summed E-state index contributed by atoms with van der Waals surface area (Å²) in [6, 6.07) is 23.3. The molecular formula is C25H21NO3. The Hall–Kier alpha value is -3.66. The van der Waals surface area contributed by atoms with Crippen molar-refractivity contribution in [3.05, 3.63) is 107 Å². The van der Waals surface area contributed by atoms with E-state index in [1.807, 2.05) is 68.4 Å². The van der Waals surface area contributed by atoms with E-state index < -0.39 is 17.7 Å². The number of aryl methyl sites for hydroxylation is 2. The number of carbonyl (C=O) groups is 2. The van der Waals surface area contributed by atoms with Crippen LogP contribution in [0, 0.1) is 13.8 Å². The van der Waals surface area contributed by atoms with Crippen LogP contribution < -0.4 is 4.90 Å². The molecule has 4 nitrogen and oxygen atoms in total. The predicted molar refractivity (Wildman–Crippen MR) is 114 cm³/mol. The molecule has 0 spiro atoms. The van der Waals surface area contributed by atoms with E-state index in [4.69, 9.17) is 0 Å². The van der Waals surface area contributed by atoms with Gasteiger partial charge in [0.2, 0.25) is 0 Å². The maximum Gasteiger partial charge on any atom is 0.300 e. The Morgan fingerprint density at radius 3 is 2.17 bits per heavy atom. The van der Waals surface area contributed by atoms with Gasteiger partial charge in [-0.25, -0.2) is 0 Å². The quantitative estimate of drug-likeness (QED) is 0.396. The van der Waals surface area contributed by atoms with E-state index >= 15 is 0 Å². The SMILES string of the molecule is Cc1ccc(C2/C(=C(/O)c3ccccc3)C(=O)C(=O)N2c2cccc(C)c2)cc1. The second kappa shape index (κ2) is 7.40. The van der Waals surface area contributed by atoms with Crippen molar-refractivity contribution in [1.82, 2.24) is 0 Å². The van der Waals surface area contributed by atoms with Gasteiger partial charge in [-0.2, -0.15) is 0 Å². The summed E-state index contributed by atoms with van der Waals surface area (Å²) in [6.45, 7) is 3.91. The number of benzene rings is 3. The predicted octanol–water partition coefficient (Wildman–Crippen LogP) is 4.93. The number of aliphatic hydroxyl groups is 1. The summed E-state index contributed by atoms with van der Waals surface area (Å²) in [5.41, 5.74) is 4.07. The Labute approximate surface area is 169 Å². The Bertz CT molecular complexity index is 1110. The van der Waals surface area contributed by atoms with Gasteiger partial charge in [-0.05, 0) is 37.1 Å². The summed E-state index contributed by atoms with van der Waals surface area (Å²) < 4.78 is 0. The van der Waals surface area contributed by atoms with Crippen LogP contribution in [0.15, 0.2) is 84.4 Å². The molecule has 144 valence electrons. The van der Waals surface area contributed by atoms with Gasteiger partial charge in [-0.3, -0.25) is 14.5 Å². The zero-order chi connectivity index (χ0) is 20.5. The molecule has 0 aliphatic carbocycles. The standard InChI is InChI=1S/C25H21NO3/c1-16-11-13-18(14-12-16)22-21(23(27)19-8-4-3-5-9-19)24(28)25(29)26(22)20-10-6-7-17(2)15-20/h3-15,22,27H,1-2H3/b23-21-. The molecule has 1 fully saturated rings. The third kappa shape index (κ3) is 3.34. The highest BCUT2D eigenvalue weighted by Gasteiger charge is 2.46. The Balaban J connectivity index is 1.96. The van der Waals surface area contributed by atoms with E-state index in [1.165, 1.54) is 4.90 Å². The number of Topliss-reactive ketones (excluding diaryl/α,β-unsaturated/α-hetero) is 1. The molecule has 0 aromatic heterocycles. The molecule has 1 heterocycles. The first-order chi connectivity index (χ1) is 14.0. The first-order valence-corrected chi connectivity index (χ1v) is 9.47. The van der Waals surface area contributed by atoms with Crippen molar-refractivity contribution in [2.24, 2.45) is 0 Å². The molecule has 3 aromatic carbocycles. The summed E-state index contributed by atoms with van der Waals surface area (Å²) in [5, 5.41) is 11.0. The number of amides is 1. The maximum absolute atomic E-state index is 13.0. The first kappa shape index (κ1) is 18.7. The number of hydrogen-bond acceptors (Lipinski definition) is 3. The van der Waals surface area contributed by atoms with Crippen LogP contribution in [-0.4, -0.2) is 16.8 Å². The van der Waals surface area contributed by atoms with Gasteiger partial charge in [0.05, 0.1) is 11.6 Å². The number of anilines is 1. The molecule has 1 aliphatic rings. The van der Waals surface area contributed by atoms with Crippen LogP contribution in [-0.2, 0) is 9.59 Å². The molecule has 1 N–H and O–H groups in total. The highest BCUT2D eigenvalue weighted by Crippen LogP contribution is 2.42. The average Bonchev–Trinajstić information content (AvgIpc) is 2.99. The molecule has 0 bridgehead atoms. The van der Waals surface area contributed by atoms with Gasteiger partial charge in [0, 0.05) is 11.3 Å². The number of aliphatic hydroxyl groups excluding tert-OH is 1. The van der Waals surface area contributed by atoms with Gasteiger partial charge in [-0.15, -0.1) is 0 Å². The minimum Gasteiger partial charge on any atom is -0.507 e. The van der Waals surface area contributed by atoms with Crippen molar-refractivity contribution in [1.29, 1.82) is 0 Å². The van der Waals surface area contributed by atoms with Gasteiger partial charge in [0.25, 0.3) is 11.7 Å². The van der Waals surface area contributed by atoms with Crippen molar-refractivity contribution in [2.45, 2.75) is 19.9 Å². The second-order valence-electron chi connectivity index (χ2n) is 7.28. The number of ketones is 1. The van der Waals surface area contributed by atoms with Crippen molar-refractivity contribution < 1.29 is 14.7 Å². The van der Waals surface area contributed by atoms with Crippen LogP contribution in [0.25, 0.3) is 5.76 Å². The topological polar surface area (TPSA) is 57.6 Å². The molecule has 4 heteroatoms. The van der Waals surface area contributed by atoms with Crippen LogP contribution in [0.1, 0.15) is 28.3 Å². The van der Waals surface area contributed by atoms with Gasteiger partial charge in [-0.1, -0.05) is 72.3 Å². The van der Waals surface area contributed by atoms with Crippen molar-refractivity contribution in [2.75, 3.05) is 4.90 Å². The third-order valence-electron chi connectivity index (χ3n) is 5.16. The highest BCUT2D eigenvalue weighted by molar-refractivity contribution is 6.51. The number of carbonyl (C=O) groups excluding carboxylic acids is 2. The van der Waals surface area contributed by atoms with Crippen LogP contribution in [0.3, 0.4) is 0 Å². The minimum absolute atomic E-state index is 0.103. The summed E-state index contributed by atoms with van der Waals surface area (Å²) in [7, 11) is 0. The first-order valence-electron chi connectivity index (χ1n) is 9.47. The smallest absolute Gasteiger partial charge is 0.300 e. The van der Waals surface area contributed by atoms with Gasteiger partial charge in [0.15, 0.2) is 0 Å². The molecule has 0 radical (unpaired) electrons. The maximum atomic E-state index is 13.0. The Morgan fingerprint density at radius 2 is 1.52 bits per heavy atom. The number of rotatable bonds is 3. The Kier molecular flexibility index (Phi) is 4.77. The molecule has 1 aliphatic heterocycles. The molecule has 1 amide bonds. The van der Waals surface area contributed by atoms with E-state index in [-0.39, 0.29) is 11.3 Å². The fourth-order valence-corrected chi connectivity index (χ4v) is 3.69. The van der Waals surface area contributed by atoms with Crippen molar-refractivity contribution in [3.8, 4) is 0 Å². The average molecular weight is 383 g/mol. The lowest BCUT2D eigenvalue weighted by molar-refractivity contribution is -0.132. The molecule has 1 unspecified atom stereocenters. The lowest BCUT2D eigenvalue weighted by Crippen LogP contribution is -2.29. The third-order valence-corrected chi connectivity index (χ3v) is 5.16. The van der Waals surface area contributed by atoms with Crippen molar-refractivity contribution >= 4 is 23.1 Å². The summed E-state index contributed by atoms with van der Waals surface area (Å²) >= 11 is 0. The second-order valence-corrected chi connectivity index (χ2v) is 7.28. The van der Waals surface area contributed by atoms with Gasteiger partial charge < -0.3 is 5.11 Å². The zero-order valence-corrected chi connectivity index (χ0v) is 16.3. The van der Waals surface area contributed by atoms with E-state index in [9.17, 15) is 14.7 Å². The fourth-order valence-electron chi connectivity index (χ4n) is 3.69. The van der Waals surface area contributed by atoms with Crippen LogP contribution in [0.2, 0.25) is 0 Å². The molecule has 1 atom stereocenters.